The van der Waals surface area contributed by atoms with Crippen molar-refractivity contribution in [3.8, 4) is 11.8 Å². The van der Waals surface area contributed by atoms with E-state index in [0.29, 0.717) is 5.56 Å². The molecule has 1 aromatic carbocycles. The van der Waals surface area contributed by atoms with Crippen LogP contribution in [0.2, 0.25) is 0 Å². The lowest BCUT2D eigenvalue weighted by atomic mass is 10.2. The van der Waals surface area contributed by atoms with E-state index < -0.39 is 0 Å². The highest BCUT2D eigenvalue weighted by molar-refractivity contribution is 5.34. The zero-order chi connectivity index (χ0) is 11.5. The molecule has 1 unspecified atom stereocenters. The van der Waals surface area contributed by atoms with Crippen LogP contribution < -0.4 is 16.2 Å². The third-order valence-corrected chi connectivity index (χ3v) is 2.86. The number of nitrogens with zero attached hydrogens (tertiary/aromatic N) is 1. The first-order valence-electron chi connectivity index (χ1n) is 5.37. The van der Waals surface area contributed by atoms with Crippen molar-refractivity contribution in [1.29, 1.82) is 5.26 Å². The molecule has 84 valence electrons. The number of benzene rings is 1. The molecular formula is C12H15N3O. The summed E-state index contributed by atoms with van der Waals surface area (Å²) in [4.78, 5) is 0. The fourth-order valence-corrected chi connectivity index (χ4v) is 1.99. The highest BCUT2D eigenvalue weighted by Gasteiger charge is 2.31. The van der Waals surface area contributed by atoms with Gasteiger partial charge in [-0.1, -0.05) is 0 Å². The van der Waals surface area contributed by atoms with Crippen molar-refractivity contribution in [2.24, 2.45) is 11.5 Å². The van der Waals surface area contributed by atoms with Gasteiger partial charge in [0.1, 0.15) is 11.9 Å². The zero-order valence-electron chi connectivity index (χ0n) is 8.97. The van der Waals surface area contributed by atoms with Crippen molar-refractivity contribution in [3.05, 3.63) is 29.8 Å². The average Bonchev–Trinajstić information content (AvgIpc) is 2.59. The standard InChI is InChI=1S/C12H15N3O/c13-7-8-1-3-10(4-2-8)16-12-6-9(14)5-11(12)15/h1-4,9,11-12H,5-6,14-15H2/t9-,11+,12?/m1/s1. The molecule has 0 saturated heterocycles. The Labute approximate surface area is 94.8 Å². The van der Waals surface area contributed by atoms with E-state index in [4.69, 9.17) is 21.5 Å². The lowest BCUT2D eigenvalue weighted by molar-refractivity contribution is 0.190. The summed E-state index contributed by atoms with van der Waals surface area (Å²) < 4.78 is 5.74. The van der Waals surface area contributed by atoms with Crippen LogP contribution in [0.3, 0.4) is 0 Å². The lowest BCUT2D eigenvalue weighted by Gasteiger charge is -2.17. The molecule has 4 nitrogen and oxygen atoms in total. The van der Waals surface area contributed by atoms with Gasteiger partial charge < -0.3 is 16.2 Å². The van der Waals surface area contributed by atoms with Crippen LogP contribution in [0.5, 0.6) is 5.75 Å². The molecule has 1 aliphatic rings. The van der Waals surface area contributed by atoms with Gasteiger partial charge in [-0.05, 0) is 30.7 Å². The molecule has 0 amide bonds. The van der Waals surface area contributed by atoms with Gasteiger partial charge in [0.05, 0.1) is 11.6 Å². The largest absolute Gasteiger partial charge is 0.489 e. The molecule has 0 aromatic heterocycles. The summed E-state index contributed by atoms with van der Waals surface area (Å²) in [5.41, 5.74) is 12.4. The topological polar surface area (TPSA) is 85.1 Å². The third kappa shape index (κ3) is 2.32. The number of hydrogen-bond acceptors (Lipinski definition) is 4. The SMILES string of the molecule is N#Cc1ccc(OC2C[C@H](N)C[C@@H]2N)cc1. The quantitative estimate of drug-likeness (QED) is 0.765. The first-order chi connectivity index (χ1) is 7.69. The zero-order valence-corrected chi connectivity index (χ0v) is 8.97. The van der Waals surface area contributed by atoms with Gasteiger partial charge in [-0.2, -0.15) is 5.26 Å². The van der Waals surface area contributed by atoms with Crippen molar-refractivity contribution >= 4 is 0 Å². The molecule has 3 atom stereocenters. The maximum atomic E-state index is 8.66. The van der Waals surface area contributed by atoms with Crippen LogP contribution in [0, 0.1) is 11.3 Å². The van der Waals surface area contributed by atoms with Crippen LogP contribution in [0.15, 0.2) is 24.3 Å². The number of hydrogen-bond donors (Lipinski definition) is 2. The van der Waals surface area contributed by atoms with Crippen molar-refractivity contribution in [3.63, 3.8) is 0 Å². The summed E-state index contributed by atoms with van der Waals surface area (Å²) in [6.45, 7) is 0. The molecule has 0 aliphatic heterocycles. The van der Waals surface area contributed by atoms with Gasteiger partial charge in [0.25, 0.3) is 0 Å². The van der Waals surface area contributed by atoms with Gasteiger partial charge in [-0.3, -0.25) is 0 Å². The van der Waals surface area contributed by atoms with E-state index in [9.17, 15) is 0 Å². The van der Waals surface area contributed by atoms with E-state index in [1.54, 1.807) is 24.3 Å². The minimum atomic E-state index is -0.0112. The highest BCUT2D eigenvalue weighted by Crippen LogP contribution is 2.23. The summed E-state index contributed by atoms with van der Waals surface area (Å²) in [5.74, 6) is 0.744. The highest BCUT2D eigenvalue weighted by atomic mass is 16.5. The number of nitriles is 1. The van der Waals surface area contributed by atoms with Gasteiger partial charge in [0, 0.05) is 18.5 Å². The Morgan fingerprint density at radius 3 is 2.38 bits per heavy atom. The molecule has 1 aromatic rings. The minimum Gasteiger partial charge on any atom is -0.489 e. The van der Waals surface area contributed by atoms with E-state index in [1.807, 2.05) is 0 Å². The predicted molar refractivity (Wildman–Crippen MR) is 60.8 cm³/mol. The van der Waals surface area contributed by atoms with Gasteiger partial charge in [-0.25, -0.2) is 0 Å². The number of rotatable bonds is 2. The lowest BCUT2D eigenvalue weighted by Crippen LogP contribution is -2.33. The fourth-order valence-electron chi connectivity index (χ4n) is 1.99. The first-order valence-corrected chi connectivity index (χ1v) is 5.37. The summed E-state index contributed by atoms with van der Waals surface area (Å²) in [7, 11) is 0. The van der Waals surface area contributed by atoms with E-state index >= 15 is 0 Å². The van der Waals surface area contributed by atoms with Crippen LogP contribution in [0.25, 0.3) is 0 Å². The molecule has 0 spiro atoms. The summed E-state index contributed by atoms with van der Waals surface area (Å²) in [6.07, 6.45) is 1.59. The van der Waals surface area contributed by atoms with E-state index in [0.717, 1.165) is 18.6 Å². The molecule has 0 radical (unpaired) electrons. The summed E-state index contributed by atoms with van der Waals surface area (Å²) in [5, 5.41) is 8.66. The number of ether oxygens (including phenoxy) is 1. The Morgan fingerprint density at radius 1 is 1.19 bits per heavy atom. The second-order valence-electron chi connectivity index (χ2n) is 4.19. The molecular weight excluding hydrogens is 202 g/mol. The van der Waals surface area contributed by atoms with Crippen molar-refractivity contribution in [1.82, 2.24) is 0 Å². The Bertz CT molecular complexity index is 396. The molecule has 16 heavy (non-hydrogen) atoms. The minimum absolute atomic E-state index is 0.00523. The van der Waals surface area contributed by atoms with Gasteiger partial charge >= 0.3 is 0 Å². The van der Waals surface area contributed by atoms with Gasteiger partial charge in [0.15, 0.2) is 0 Å². The van der Waals surface area contributed by atoms with E-state index in [2.05, 4.69) is 6.07 Å². The van der Waals surface area contributed by atoms with Gasteiger partial charge in [0.2, 0.25) is 0 Å². The Kier molecular flexibility index (Phi) is 3.09. The van der Waals surface area contributed by atoms with Crippen LogP contribution in [0.1, 0.15) is 18.4 Å². The third-order valence-electron chi connectivity index (χ3n) is 2.86. The second kappa shape index (κ2) is 4.52. The predicted octanol–water partition coefficient (Wildman–Crippen LogP) is 0.754. The molecule has 0 heterocycles. The maximum Gasteiger partial charge on any atom is 0.119 e. The molecule has 1 saturated carbocycles. The molecule has 1 fully saturated rings. The monoisotopic (exact) mass is 217 g/mol. The van der Waals surface area contributed by atoms with E-state index in [1.165, 1.54) is 0 Å². The first kappa shape index (κ1) is 10.9. The summed E-state index contributed by atoms with van der Waals surface area (Å²) in [6, 6.07) is 9.24. The van der Waals surface area contributed by atoms with Crippen LogP contribution in [-0.4, -0.2) is 18.2 Å². The maximum absolute atomic E-state index is 8.66. The molecule has 4 heteroatoms. The van der Waals surface area contributed by atoms with Crippen molar-refractivity contribution < 1.29 is 4.74 Å². The van der Waals surface area contributed by atoms with Gasteiger partial charge in [-0.15, -0.1) is 0 Å². The normalized spacial score (nSPS) is 28.7. The Morgan fingerprint density at radius 2 is 1.88 bits per heavy atom. The second-order valence-corrected chi connectivity index (χ2v) is 4.19. The smallest absolute Gasteiger partial charge is 0.119 e. The molecule has 1 aliphatic carbocycles. The Hall–Kier alpha value is -1.57. The average molecular weight is 217 g/mol. The Balaban J connectivity index is 2.01. The fraction of sp³-hybridized carbons (Fsp3) is 0.417. The number of nitrogens with two attached hydrogens (primary N) is 2. The van der Waals surface area contributed by atoms with Crippen LogP contribution in [0.4, 0.5) is 0 Å². The molecule has 4 N–H and O–H groups in total. The van der Waals surface area contributed by atoms with E-state index in [-0.39, 0.29) is 18.2 Å². The van der Waals surface area contributed by atoms with Crippen LogP contribution >= 0.6 is 0 Å². The van der Waals surface area contributed by atoms with Crippen molar-refractivity contribution in [2.75, 3.05) is 0 Å². The molecule has 2 rings (SSSR count). The molecule has 0 bridgehead atoms. The van der Waals surface area contributed by atoms with Crippen LogP contribution in [-0.2, 0) is 0 Å². The summed E-state index contributed by atoms with van der Waals surface area (Å²) >= 11 is 0. The van der Waals surface area contributed by atoms with Crippen molar-refractivity contribution in [2.45, 2.75) is 31.0 Å².